The summed E-state index contributed by atoms with van der Waals surface area (Å²) in [6, 6.07) is 0. The van der Waals surface area contributed by atoms with Crippen LogP contribution in [0.1, 0.15) is 59.3 Å². The van der Waals surface area contributed by atoms with E-state index in [0.717, 1.165) is 32.2 Å². The van der Waals surface area contributed by atoms with Crippen molar-refractivity contribution in [1.29, 1.82) is 0 Å². The Morgan fingerprint density at radius 2 is 1.67 bits per heavy atom. The normalized spacial score (nSPS) is 20.3. The van der Waals surface area contributed by atoms with E-state index >= 15 is 0 Å². The molecular formula is C15H30N2O. The van der Waals surface area contributed by atoms with Gasteiger partial charge in [-0.25, -0.2) is 0 Å². The van der Waals surface area contributed by atoms with Crippen LogP contribution in [0.25, 0.3) is 0 Å². The molecule has 0 spiro atoms. The van der Waals surface area contributed by atoms with Crippen molar-refractivity contribution in [2.75, 3.05) is 20.1 Å². The number of hydrogen-bond acceptors (Lipinski definition) is 2. The maximum atomic E-state index is 12.7. The van der Waals surface area contributed by atoms with Gasteiger partial charge in [-0.1, -0.05) is 46.5 Å². The topological polar surface area (TPSA) is 46.3 Å². The molecule has 1 saturated carbocycles. The van der Waals surface area contributed by atoms with E-state index in [1.165, 1.54) is 12.8 Å². The van der Waals surface area contributed by atoms with E-state index < -0.39 is 0 Å². The highest BCUT2D eigenvalue weighted by Crippen LogP contribution is 2.36. The van der Waals surface area contributed by atoms with Crippen molar-refractivity contribution < 1.29 is 4.79 Å². The van der Waals surface area contributed by atoms with Crippen molar-refractivity contribution >= 4 is 5.91 Å². The standard InChI is InChI=1S/C15H30N2O/c1-14(2,3)12-17(4)13(18)15(11-16)9-7-5-6-8-10-15/h5-12,16H2,1-4H3. The van der Waals surface area contributed by atoms with Crippen molar-refractivity contribution in [3.8, 4) is 0 Å². The molecule has 1 rings (SSSR count). The van der Waals surface area contributed by atoms with Gasteiger partial charge in [0.25, 0.3) is 0 Å². The maximum absolute atomic E-state index is 12.7. The average molecular weight is 254 g/mol. The fourth-order valence-corrected chi connectivity index (χ4v) is 3.10. The highest BCUT2D eigenvalue weighted by Gasteiger charge is 2.39. The number of amides is 1. The third kappa shape index (κ3) is 3.98. The molecule has 3 heteroatoms. The van der Waals surface area contributed by atoms with Crippen LogP contribution < -0.4 is 5.73 Å². The quantitative estimate of drug-likeness (QED) is 0.787. The van der Waals surface area contributed by atoms with Crippen molar-refractivity contribution in [1.82, 2.24) is 4.90 Å². The second-order valence-corrected chi connectivity index (χ2v) is 7.12. The second-order valence-electron chi connectivity index (χ2n) is 7.12. The summed E-state index contributed by atoms with van der Waals surface area (Å²) in [6.45, 7) is 7.80. The molecule has 106 valence electrons. The van der Waals surface area contributed by atoms with Crippen LogP contribution in [-0.2, 0) is 4.79 Å². The smallest absolute Gasteiger partial charge is 0.229 e. The molecule has 1 amide bonds. The Morgan fingerprint density at radius 3 is 2.06 bits per heavy atom. The fourth-order valence-electron chi connectivity index (χ4n) is 3.10. The summed E-state index contributed by atoms with van der Waals surface area (Å²) in [6.07, 6.45) is 6.72. The molecule has 0 radical (unpaired) electrons. The van der Waals surface area contributed by atoms with E-state index in [0.29, 0.717) is 6.54 Å². The Hall–Kier alpha value is -0.570. The first kappa shape index (κ1) is 15.5. The number of carbonyl (C=O) groups is 1. The number of nitrogens with two attached hydrogens (primary N) is 1. The van der Waals surface area contributed by atoms with Gasteiger partial charge < -0.3 is 10.6 Å². The van der Waals surface area contributed by atoms with E-state index in [1.807, 2.05) is 11.9 Å². The minimum Gasteiger partial charge on any atom is -0.345 e. The largest absolute Gasteiger partial charge is 0.345 e. The predicted octanol–water partition coefficient (Wildman–Crippen LogP) is 2.79. The molecule has 1 fully saturated rings. The molecule has 2 N–H and O–H groups in total. The summed E-state index contributed by atoms with van der Waals surface area (Å²) in [4.78, 5) is 14.6. The Balaban J connectivity index is 2.76. The molecule has 1 aliphatic carbocycles. The summed E-state index contributed by atoms with van der Waals surface area (Å²) >= 11 is 0. The van der Waals surface area contributed by atoms with Gasteiger partial charge in [-0.3, -0.25) is 4.79 Å². The lowest BCUT2D eigenvalue weighted by molar-refractivity contribution is -0.142. The van der Waals surface area contributed by atoms with Crippen LogP contribution in [0, 0.1) is 10.8 Å². The zero-order valence-electron chi connectivity index (χ0n) is 12.6. The molecule has 0 aromatic rings. The third-order valence-electron chi connectivity index (χ3n) is 3.96. The van der Waals surface area contributed by atoms with Crippen molar-refractivity contribution in [2.24, 2.45) is 16.6 Å². The van der Waals surface area contributed by atoms with E-state index in [-0.39, 0.29) is 16.7 Å². The Kier molecular flexibility index (Phi) is 5.20. The van der Waals surface area contributed by atoms with E-state index in [2.05, 4.69) is 20.8 Å². The first-order chi connectivity index (χ1) is 8.31. The second kappa shape index (κ2) is 6.05. The lowest BCUT2D eigenvalue weighted by Crippen LogP contribution is -2.48. The maximum Gasteiger partial charge on any atom is 0.229 e. The molecular weight excluding hydrogens is 224 g/mol. The van der Waals surface area contributed by atoms with Crippen LogP contribution in [0.2, 0.25) is 0 Å². The summed E-state index contributed by atoms with van der Waals surface area (Å²) < 4.78 is 0. The van der Waals surface area contributed by atoms with Crippen molar-refractivity contribution in [3.63, 3.8) is 0 Å². The van der Waals surface area contributed by atoms with Gasteiger partial charge in [-0.2, -0.15) is 0 Å². The van der Waals surface area contributed by atoms with Gasteiger partial charge in [0.05, 0.1) is 5.41 Å². The highest BCUT2D eigenvalue weighted by atomic mass is 16.2. The van der Waals surface area contributed by atoms with Gasteiger partial charge in [-0.05, 0) is 18.3 Å². The van der Waals surface area contributed by atoms with Gasteiger partial charge in [0.1, 0.15) is 0 Å². The Morgan fingerprint density at radius 1 is 1.17 bits per heavy atom. The lowest BCUT2D eigenvalue weighted by atomic mass is 9.78. The summed E-state index contributed by atoms with van der Waals surface area (Å²) in [7, 11) is 1.93. The molecule has 0 aromatic heterocycles. The van der Waals surface area contributed by atoms with E-state index in [9.17, 15) is 4.79 Å². The molecule has 0 saturated heterocycles. The fraction of sp³-hybridized carbons (Fsp3) is 0.933. The summed E-state index contributed by atoms with van der Waals surface area (Å²) in [5.74, 6) is 0.266. The van der Waals surface area contributed by atoms with Crippen LogP contribution in [0.3, 0.4) is 0 Å². The predicted molar refractivity (Wildman–Crippen MR) is 76.3 cm³/mol. The molecule has 0 aliphatic heterocycles. The first-order valence-corrected chi connectivity index (χ1v) is 7.26. The minimum atomic E-state index is -0.281. The zero-order chi connectivity index (χ0) is 13.8. The number of carbonyl (C=O) groups excluding carboxylic acids is 1. The number of hydrogen-bond donors (Lipinski definition) is 1. The van der Waals surface area contributed by atoms with Gasteiger partial charge in [0.15, 0.2) is 0 Å². The molecule has 0 atom stereocenters. The average Bonchev–Trinajstić information content (AvgIpc) is 2.51. The SMILES string of the molecule is CN(CC(C)(C)C)C(=O)C1(CN)CCCCCC1. The van der Waals surface area contributed by atoms with Crippen LogP contribution in [0.15, 0.2) is 0 Å². The molecule has 0 bridgehead atoms. The first-order valence-electron chi connectivity index (χ1n) is 7.26. The monoisotopic (exact) mass is 254 g/mol. The number of nitrogens with zero attached hydrogens (tertiary/aromatic N) is 1. The summed E-state index contributed by atoms with van der Waals surface area (Å²) in [5.41, 5.74) is 5.83. The van der Waals surface area contributed by atoms with Crippen LogP contribution in [0.5, 0.6) is 0 Å². The Labute approximate surface area is 112 Å². The van der Waals surface area contributed by atoms with Crippen LogP contribution in [-0.4, -0.2) is 30.9 Å². The van der Waals surface area contributed by atoms with Gasteiger partial charge in [-0.15, -0.1) is 0 Å². The van der Waals surface area contributed by atoms with Crippen molar-refractivity contribution in [2.45, 2.75) is 59.3 Å². The molecule has 18 heavy (non-hydrogen) atoms. The van der Waals surface area contributed by atoms with Gasteiger partial charge in [0.2, 0.25) is 5.91 Å². The highest BCUT2D eigenvalue weighted by molar-refractivity contribution is 5.82. The summed E-state index contributed by atoms with van der Waals surface area (Å²) in [5, 5.41) is 0. The lowest BCUT2D eigenvalue weighted by Gasteiger charge is -2.36. The third-order valence-corrected chi connectivity index (χ3v) is 3.96. The molecule has 0 aromatic carbocycles. The number of rotatable bonds is 3. The molecule has 0 heterocycles. The van der Waals surface area contributed by atoms with E-state index in [1.54, 1.807) is 0 Å². The van der Waals surface area contributed by atoms with Gasteiger partial charge in [0, 0.05) is 20.1 Å². The molecule has 0 unspecified atom stereocenters. The Bertz CT molecular complexity index is 273. The van der Waals surface area contributed by atoms with Crippen LogP contribution >= 0.6 is 0 Å². The molecule has 3 nitrogen and oxygen atoms in total. The zero-order valence-corrected chi connectivity index (χ0v) is 12.6. The van der Waals surface area contributed by atoms with Gasteiger partial charge >= 0.3 is 0 Å². The minimum absolute atomic E-state index is 0.144. The van der Waals surface area contributed by atoms with Crippen LogP contribution in [0.4, 0.5) is 0 Å². The van der Waals surface area contributed by atoms with E-state index in [4.69, 9.17) is 5.73 Å². The van der Waals surface area contributed by atoms with Crippen molar-refractivity contribution in [3.05, 3.63) is 0 Å². The molecule has 1 aliphatic rings.